The fraction of sp³-hybridized carbons (Fsp3) is 0.450. The molecular formula is C40H56O. The van der Waals surface area contributed by atoms with E-state index in [0.717, 1.165) is 12.8 Å². The third kappa shape index (κ3) is 11.9. The predicted octanol–water partition coefficient (Wildman–Crippen LogP) is 11.6. The van der Waals surface area contributed by atoms with Gasteiger partial charge in [0.1, 0.15) is 0 Å². The first-order valence-electron chi connectivity index (χ1n) is 15.4. The van der Waals surface area contributed by atoms with Crippen molar-refractivity contribution in [1.29, 1.82) is 0 Å². The summed E-state index contributed by atoms with van der Waals surface area (Å²) in [5, 5.41) is 10.1. The van der Waals surface area contributed by atoms with Crippen LogP contribution in [-0.4, -0.2) is 11.2 Å². The Labute approximate surface area is 252 Å². The van der Waals surface area contributed by atoms with Gasteiger partial charge in [-0.05, 0) is 95.6 Å². The molecule has 0 saturated heterocycles. The lowest BCUT2D eigenvalue weighted by Crippen LogP contribution is -2.28. The van der Waals surface area contributed by atoms with Gasteiger partial charge in [-0.25, -0.2) is 0 Å². The summed E-state index contributed by atoms with van der Waals surface area (Å²) in [6, 6.07) is 0. The van der Waals surface area contributed by atoms with Crippen LogP contribution in [-0.2, 0) is 0 Å². The molecule has 1 atom stereocenters. The standard InChI is InChI=1S/C40H56O/c1-30(18-13-20-32(3)23-25-37-34(5)22-15-27-39(37,7)8)16-11-12-17-31(2)19-14-21-33(4)24-26-38-35(6)28-36(41)29-40(38,9)10/h11-14,16-21,23-26,36,41H,15,22,27-29H2,1-10H3/b12-11+,18-13?,19-14+,25-23?,26-24+,30-16?,31-17+,32-20?,33-21+/t36-/m1/s1. The Morgan fingerprint density at radius 3 is 1.54 bits per heavy atom. The minimum Gasteiger partial charge on any atom is -0.393 e. The van der Waals surface area contributed by atoms with Gasteiger partial charge in [0.05, 0.1) is 6.10 Å². The van der Waals surface area contributed by atoms with Crippen LogP contribution in [0.3, 0.4) is 0 Å². The molecule has 0 fully saturated rings. The van der Waals surface area contributed by atoms with E-state index in [1.54, 1.807) is 5.57 Å². The summed E-state index contributed by atoms with van der Waals surface area (Å²) in [4.78, 5) is 0. The Bertz CT molecular complexity index is 1250. The molecule has 0 unspecified atom stereocenters. The zero-order chi connectivity index (χ0) is 30.6. The van der Waals surface area contributed by atoms with E-state index in [9.17, 15) is 5.11 Å². The Kier molecular flexibility index (Phi) is 13.3. The van der Waals surface area contributed by atoms with Crippen molar-refractivity contribution < 1.29 is 5.11 Å². The van der Waals surface area contributed by atoms with Crippen LogP contribution in [0.4, 0.5) is 0 Å². The van der Waals surface area contributed by atoms with E-state index in [1.807, 2.05) is 0 Å². The second-order valence-electron chi connectivity index (χ2n) is 13.5. The van der Waals surface area contributed by atoms with Gasteiger partial charge in [0.25, 0.3) is 0 Å². The monoisotopic (exact) mass is 552 g/mol. The molecule has 0 radical (unpaired) electrons. The van der Waals surface area contributed by atoms with Gasteiger partial charge in [0.2, 0.25) is 0 Å². The fourth-order valence-electron chi connectivity index (χ4n) is 5.96. The van der Waals surface area contributed by atoms with Crippen molar-refractivity contribution in [3.63, 3.8) is 0 Å². The number of aliphatic hydroxyl groups excluding tert-OH is 1. The van der Waals surface area contributed by atoms with Crippen LogP contribution in [0.2, 0.25) is 0 Å². The molecule has 0 aromatic heterocycles. The molecule has 1 nitrogen and oxygen atoms in total. The van der Waals surface area contributed by atoms with Crippen molar-refractivity contribution in [1.82, 2.24) is 0 Å². The molecule has 2 aliphatic rings. The summed E-state index contributed by atoms with van der Waals surface area (Å²) >= 11 is 0. The topological polar surface area (TPSA) is 20.2 Å². The SMILES string of the molecule is CC(C=CC1=C(C)CCCC1(C)C)=CC=CC(C)=C/C=C/C=C(C)/C=C/C=C(C)/C=C/C1=C(C)C[C@@H](O)CC1(C)C. The highest BCUT2D eigenvalue weighted by molar-refractivity contribution is 5.39. The number of aliphatic hydroxyl groups is 1. The van der Waals surface area contributed by atoms with Gasteiger partial charge in [-0.15, -0.1) is 0 Å². The van der Waals surface area contributed by atoms with Crippen molar-refractivity contribution >= 4 is 0 Å². The van der Waals surface area contributed by atoms with Crippen molar-refractivity contribution in [2.24, 2.45) is 10.8 Å². The lowest BCUT2D eigenvalue weighted by molar-refractivity contribution is 0.116. The first-order valence-corrected chi connectivity index (χ1v) is 15.4. The maximum Gasteiger partial charge on any atom is 0.0585 e. The van der Waals surface area contributed by atoms with Crippen LogP contribution in [0.15, 0.2) is 130 Å². The van der Waals surface area contributed by atoms with Crippen LogP contribution >= 0.6 is 0 Å². The van der Waals surface area contributed by atoms with E-state index in [0.29, 0.717) is 0 Å². The molecule has 0 heterocycles. The average molecular weight is 553 g/mol. The first kappa shape index (κ1) is 34.3. The van der Waals surface area contributed by atoms with Gasteiger partial charge < -0.3 is 5.11 Å². The maximum atomic E-state index is 10.1. The summed E-state index contributed by atoms with van der Waals surface area (Å²) in [5.41, 5.74) is 10.9. The Balaban J connectivity index is 1.90. The van der Waals surface area contributed by atoms with Crippen LogP contribution < -0.4 is 0 Å². The first-order chi connectivity index (χ1) is 19.2. The molecule has 0 aromatic rings. The van der Waals surface area contributed by atoms with Crippen molar-refractivity contribution in [3.8, 4) is 0 Å². The Morgan fingerprint density at radius 1 is 0.634 bits per heavy atom. The third-order valence-electron chi connectivity index (χ3n) is 8.31. The van der Waals surface area contributed by atoms with Gasteiger partial charge in [-0.2, -0.15) is 0 Å². The highest BCUT2D eigenvalue weighted by atomic mass is 16.3. The van der Waals surface area contributed by atoms with Crippen LogP contribution in [0, 0.1) is 10.8 Å². The number of hydrogen-bond donors (Lipinski definition) is 1. The normalized spacial score (nSPS) is 23.5. The lowest BCUT2D eigenvalue weighted by atomic mass is 9.71. The molecule has 222 valence electrons. The molecule has 0 saturated carbocycles. The molecule has 0 aliphatic heterocycles. The zero-order valence-electron chi connectivity index (χ0n) is 27.6. The third-order valence-corrected chi connectivity index (χ3v) is 8.31. The molecule has 2 rings (SSSR count). The quantitative estimate of drug-likeness (QED) is 0.267. The molecule has 0 spiro atoms. The minimum atomic E-state index is -0.220. The molecule has 41 heavy (non-hydrogen) atoms. The molecule has 1 heteroatoms. The second-order valence-corrected chi connectivity index (χ2v) is 13.5. The highest BCUT2D eigenvalue weighted by Gasteiger charge is 2.31. The van der Waals surface area contributed by atoms with Gasteiger partial charge >= 0.3 is 0 Å². The van der Waals surface area contributed by atoms with Crippen molar-refractivity contribution in [2.45, 2.75) is 107 Å². The molecule has 0 amide bonds. The second kappa shape index (κ2) is 15.9. The maximum absolute atomic E-state index is 10.1. The van der Waals surface area contributed by atoms with Gasteiger partial charge in [-0.1, -0.05) is 146 Å². The Morgan fingerprint density at radius 2 is 1.07 bits per heavy atom. The van der Waals surface area contributed by atoms with E-state index in [4.69, 9.17) is 0 Å². The van der Waals surface area contributed by atoms with Crippen molar-refractivity contribution in [3.05, 3.63) is 130 Å². The Hall–Kier alpha value is -2.90. The van der Waals surface area contributed by atoms with Crippen molar-refractivity contribution in [2.75, 3.05) is 0 Å². The van der Waals surface area contributed by atoms with E-state index >= 15 is 0 Å². The molecular weight excluding hydrogens is 496 g/mol. The van der Waals surface area contributed by atoms with Gasteiger partial charge in [-0.3, -0.25) is 0 Å². The molecule has 0 bridgehead atoms. The minimum absolute atomic E-state index is 0.0128. The van der Waals surface area contributed by atoms with Gasteiger partial charge in [0, 0.05) is 0 Å². The average Bonchev–Trinajstić information content (AvgIpc) is 2.84. The van der Waals surface area contributed by atoms with Crippen LogP contribution in [0.25, 0.3) is 0 Å². The summed E-state index contributed by atoms with van der Waals surface area (Å²) < 4.78 is 0. The summed E-state index contributed by atoms with van der Waals surface area (Å²) in [5.74, 6) is 0. The largest absolute Gasteiger partial charge is 0.393 e. The smallest absolute Gasteiger partial charge is 0.0585 e. The van der Waals surface area contributed by atoms with Crippen LogP contribution in [0.5, 0.6) is 0 Å². The van der Waals surface area contributed by atoms with Crippen LogP contribution in [0.1, 0.15) is 101 Å². The van der Waals surface area contributed by atoms with E-state index in [2.05, 4.69) is 154 Å². The highest BCUT2D eigenvalue weighted by Crippen LogP contribution is 2.42. The fourth-order valence-corrected chi connectivity index (χ4v) is 5.96. The summed E-state index contributed by atoms with van der Waals surface area (Å²) in [6.07, 6.45) is 35.5. The number of hydrogen-bond acceptors (Lipinski definition) is 1. The van der Waals surface area contributed by atoms with E-state index < -0.39 is 0 Å². The summed E-state index contributed by atoms with van der Waals surface area (Å²) in [7, 11) is 0. The number of allylic oxidation sites excluding steroid dienone is 21. The van der Waals surface area contributed by atoms with E-state index in [1.165, 1.54) is 58.3 Å². The molecule has 2 aliphatic carbocycles. The molecule has 1 N–H and O–H groups in total. The molecule has 0 aromatic carbocycles. The summed E-state index contributed by atoms with van der Waals surface area (Å²) in [6.45, 7) is 22.2. The lowest BCUT2D eigenvalue weighted by Gasteiger charge is -2.35. The van der Waals surface area contributed by atoms with Gasteiger partial charge in [0.15, 0.2) is 0 Å². The number of rotatable bonds is 10. The zero-order valence-corrected chi connectivity index (χ0v) is 27.6. The predicted molar refractivity (Wildman–Crippen MR) is 183 cm³/mol. The van der Waals surface area contributed by atoms with E-state index in [-0.39, 0.29) is 16.9 Å².